The van der Waals surface area contributed by atoms with Gasteiger partial charge in [-0.05, 0) is 68.3 Å². The molecule has 2 aromatic rings. The van der Waals surface area contributed by atoms with Crippen LogP contribution in [0.2, 0.25) is 0 Å². The molecule has 3 nitrogen and oxygen atoms in total. The molecule has 0 radical (unpaired) electrons. The van der Waals surface area contributed by atoms with Crippen molar-refractivity contribution in [3.05, 3.63) is 52.0 Å². The van der Waals surface area contributed by atoms with E-state index in [-0.39, 0.29) is 0 Å². The zero-order valence-electron chi connectivity index (χ0n) is 14.8. The Kier molecular flexibility index (Phi) is 6.04. The molecule has 0 aliphatic carbocycles. The summed E-state index contributed by atoms with van der Waals surface area (Å²) in [7, 11) is 0. The Morgan fingerprint density at radius 1 is 1.42 bits per heavy atom. The summed E-state index contributed by atoms with van der Waals surface area (Å²) < 4.78 is 5.88. The van der Waals surface area contributed by atoms with Gasteiger partial charge in [0.05, 0.1) is 6.61 Å². The lowest BCUT2D eigenvalue weighted by atomic mass is 9.83. The van der Waals surface area contributed by atoms with E-state index in [0.717, 1.165) is 32.8 Å². The molecule has 0 unspecified atom stereocenters. The lowest BCUT2D eigenvalue weighted by molar-refractivity contribution is 0.0490. The quantitative estimate of drug-likeness (QED) is 0.713. The monoisotopic (exact) mass is 344 g/mol. The molecule has 0 saturated carbocycles. The average Bonchev–Trinajstić information content (AvgIpc) is 3.19. The summed E-state index contributed by atoms with van der Waals surface area (Å²) in [5.74, 6) is 0. The second-order valence-electron chi connectivity index (χ2n) is 7.05. The van der Waals surface area contributed by atoms with E-state index >= 15 is 0 Å². The minimum atomic E-state index is 0.302. The molecule has 3 rings (SSSR count). The number of thiophene rings is 1. The van der Waals surface area contributed by atoms with Gasteiger partial charge in [-0.25, -0.2) is 0 Å². The zero-order chi connectivity index (χ0) is 16.8. The van der Waals surface area contributed by atoms with Crippen LogP contribution in [0.5, 0.6) is 0 Å². The lowest BCUT2D eigenvalue weighted by Gasteiger charge is -2.29. The molecule has 4 heteroatoms. The van der Waals surface area contributed by atoms with Crippen molar-refractivity contribution in [3.8, 4) is 0 Å². The topological polar surface area (TPSA) is 25.4 Å². The SMILES string of the molecule is CCOC[C@]1(CCc2cc(C)cs2)CCN(Cc2cccnc2)C1. The summed E-state index contributed by atoms with van der Waals surface area (Å²) in [6, 6.07) is 6.53. The smallest absolute Gasteiger partial charge is 0.0535 e. The third kappa shape index (κ3) is 4.65. The van der Waals surface area contributed by atoms with Crippen molar-refractivity contribution in [2.45, 2.75) is 39.7 Å². The third-order valence-corrected chi connectivity index (χ3v) is 6.06. The number of hydrogen-bond donors (Lipinski definition) is 0. The molecule has 1 aliphatic rings. The number of ether oxygens (including phenoxy) is 1. The van der Waals surface area contributed by atoms with Gasteiger partial charge in [0.1, 0.15) is 0 Å². The van der Waals surface area contributed by atoms with E-state index in [9.17, 15) is 0 Å². The summed E-state index contributed by atoms with van der Waals surface area (Å²) in [4.78, 5) is 8.31. The van der Waals surface area contributed by atoms with Crippen LogP contribution < -0.4 is 0 Å². The van der Waals surface area contributed by atoms with Gasteiger partial charge in [0.25, 0.3) is 0 Å². The predicted octanol–water partition coefficient (Wildman–Crippen LogP) is 4.31. The normalized spacial score (nSPS) is 21.4. The minimum absolute atomic E-state index is 0.302. The Labute approximate surface area is 149 Å². The molecule has 0 amide bonds. The standard InChI is InChI=1S/C20H28N2OS/c1-3-23-16-20(7-6-19-11-17(2)14-24-19)8-10-22(15-20)13-18-5-4-9-21-12-18/h4-5,9,11-12,14H,3,6-8,10,13,15-16H2,1-2H3/t20-/m1/s1. The van der Waals surface area contributed by atoms with Crippen molar-refractivity contribution in [2.24, 2.45) is 5.41 Å². The summed E-state index contributed by atoms with van der Waals surface area (Å²) in [5.41, 5.74) is 2.99. The van der Waals surface area contributed by atoms with E-state index in [0.29, 0.717) is 5.41 Å². The first kappa shape index (κ1) is 17.6. The summed E-state index contributed by atoms with van der Waals surface area (Å²) in [6.07, 6.45) is 7.45. The van der Waals surface area contributed by atoms with Gasteiger partial charge in [-0.2, -0.15) is 0 Å². The van der Waals surface area contributed by atoms with Gasteiger partial charge in [-0.1, -0.05) is 6.07 Å². The highest BCUT2D eigenvalue weighted by Gasteiger charge is 2.38. The average molecular weight is 345 g/mol. The Morgan fingerprint density at radius 2 is 2.33 bits per heavy atom. The molecule has 0 bridgehead atoms. The first-order valence-electron chi connectivity index (χ1n) is 8.92. The largest absolute Gasteiger partial charge is 0.381 e. The maximum atomic E-state index is 5.88. The summed E-state index contributed by atoms with van der Waals surface area (Å²) >= 11 is 1.90. The van der Waals surface area contributed by atoms with Crippen LogP contribution in [0.3, 0.4) is 0 Å². The zero-order valence-corrected chi connectivity index (χ0v) is 15.6. The number of pyridine rings is 1. The number of hydrogen-bond acceptors (Lipinski definition) is 4. The van der Waals surface area contributed by atoms with E-state index in [1.54, 1.807) is 0 Å². The molecule has 0 spiro atoms. The third-order valence-electron chi connectivity index (χ3n) is 4.95. The molecule has 130 valence electrons. The number of likely N-dealkylation sites (tertiary alicyclic amines) is 1. The summed E-state index contributed by atoms with van der Waals surface area (Å²) in [6.45, 7) is 9.26. The van der Waals surface area contributed by atoms with Gasteiger partial charge in [0.2, 0.25) is 0 Å². The first-order chi connectivity index (χ1) is 11.7. The van der Waals surface area contributed by atoms with Crippen LogP contribution in [0.25, 0.3) is 0 Å². The summed E-state index contributed by atoms with van der Waals surface area (Å²) in [5, 5.41) is 2.26. The van der Waals surface area contributed by atoms with Crippen LogP contribution >= 0.6 is 11.3 Å². The second kappa shape index (κ2) is 8.24. The predicted molar refractivity (Wildman–Crippen MR) is 100 cm³/mol. The Balaban J connectivity index is 1.61. The van der Waals surface area contributed by atoms with E-state index in [4.69, 9.17) is 4.74 Å². The van der Waals surface area contributed by atoms with Crippen LogP contribution in [0, 0.1) is 12.3 Å². The van der Waals surface area contributed by atoms with Gasteiger partial charge < -0.3 is 4.74 Å². The Bertz CT molecular complexity index is 628. The molecule has 3 heterocycles. The maximum absolute atomic E-state index is 5.88. The van der Waals surface area contributed by atoms with E-state index in [1.165, 1.54) is 35.3 Å². The van der Waals surface area contributed by atoms with E-state index in [2.05, 4.69) is 41.2 Å². The number of nitrogens with zero attached hydrogens (tertiary/aromatic N) is 2. The molecular formula is C20H28N2OS. The van der Waals surface area contributed by atoms with Crippen LogP contribution in [-0.4, -0.2) is 36.2 Å². The number of aromatic nitrogens is 1. The number of aryl methyl sites for hydroxylation is 2. The van der Waals surface area contributed by atoms with Crippen molar-refractivity contribution in [1.29, 1.82) is 0 Å². The molecule has 1 saturated heterocycles. The fraction of sp³-hybridized carbons (Fsp3) is 0.550. The van der Waals surface area contributed by atoms with Crippen LogP contribution in [0.1, 0.15) is 35.8 Å². The lowest BCUT2D eigenvalue weighted by Crippen LogP contribution is -2.32. The molecule has 0 N–H and O–H groups in total. The van der Waals surface area contributed by atoms with Crippen molar-refractivity contribution in [2.75, 3.05) is 26.3 Å². The minimum Gasteiger partial charge on any atom is -0.381 e. The van der Waals surface area contributed by atoms with Gasteiger partial charge in [-0.3, -0.25) is 9.88 Å². The second-order valence-corrected chi connectivity index (χ2v) is 8.05. The molecular weight excluding hydrogens is 316 g/mol. The van der Waals surface area contributed by atoms with Gasteiger partial charge in [0, 0.05) is 42.4 Å². The van der Waals surface area contributed by atoms with E-state index in [1.807, 2.05) is 29.8 Å². The van der Waals surface area contributed by atoms with Crippen molar-refractivity contribution >= 4 is 11.3 Å². The first-order valence-corrected chi connectivity index (χ1v) is 9.80. The van der Waals surface area contributed by atoms with Gasteiger partial charge in [0.15, 0.2) is 0 Å². The fourth-order valence-corrected chi connectivity index (χ4v) is 4.51. The molecule has 0 aromatic carbocycles. The van der Waals surface area contributed by atoms with Crippen molar-refractivity contribution in [3.63, 3.8) is 0 Å². The molecule has 1 aliphatic heterocycles. The Hall–Kier alpha value is -1.23. The van der Waals surface area contributed by atoms with Crippen molar-refractivity contribution in [1.82, 2.24) is 9.88 Å². The van der Waals surface area contributed by atoms with Crippen molar-refractivity contribution < 1.29 is 4.74 Å². The number of rotatable bonds is 8. The fourth-order valence-electron chi connectivity index (χ4n) is 3.64. The van der Waals surface area contributed by atoms with Crippen LogP contribution in [0.4, 0.5) is 0 Å². The molecule has 1 atom stereocenters. The highest BCUT2D eigenvalue weighted by Crippen LogP contribution is 2.37. The van der Waals surface area contributed by atoms with E-state index < -0.39 is 0 Å². The molecule has 1 fully saturated rings. The van der Waals surface area contributed by atoms with Crippen LogP contribution in [-0.2, 0) is 17.7 Å². The molecule has 24 heavy (non-hydrogen) atoms. The van der Waals surface area contributed by atoms with Crippen LogP contribution in [0.15, 0.2) is 36.0 Å². The highest BCUT2D eigenvalue weighted by molar-refractivity contribution is 7.10. The Morgan fingerprint density at radius 3 is 3.04 bits per heavy atom. The van der Waals surface area contributed by atoms with Gasteiger partial charge in [-0.15, -0.1) is 11.3 Å². The highest BCUT2D eigenvalue weighted by atomic mass is 32.1. The van der Waals surface area contributed by atoms with Gasteiger partial charge >= 0.3 is 0 Å². The maximum Gasteiger partial charge on any atom is 0.0535 e. The molecule has 2 aromatic heterocycles.